The smallest absolute Gasteiger partial charge is 0.310 e. The van der Waals surface area contributed by atoms with Crippen molar-refractivity contribution in [2.24, 2.45) is 0 Å². The lowest BCUT2D eigenvalue weighted by Gasteiger charge is -2.36. The molecule has 1 aliphatic heterocycles. The lowest BCUT2D eigenvalue weighted by molar-refractivity contribution is -0.385. The molecule has 9 nitrogen and oxygen atoms in total. The first-order valence-corrected chi connectivity index (χ1v) is 9.69. The fraction of sp³-hybridized carbons (Fsp3) is 0.300. The quantitative estimate of drug-likeness (QED) is 0.555. The molecule has 2 amide bonds. The van der Waals surface area contributed by atoms with Crippen LogP contribution in [0.15, 0.2) is 42.5 Å². The summed E-state index contributed by atoms with van der Waals surface area (Å²) in [5.74, 6) is -0.385. The van der Waals surface area contributed by atoms with Crippen molar-refractivity contribution in [1.82, 2.24) is 4.90 Å². The number of halogens is 1. The van der Waals surface area contributed by atoms with Gasteiger partial charge in [0.2, 0.25) is 5.91 Å². The Bertz CT molecular complexity index is 960. The minimum Gasteiger partial charge on any atom is -0.477 e. The first-order chi connectivity index (χ1) is 14.3. The third-order valence-corrected chi connectivity index (χ3v) is 5.02. The molecule has 0 bridgehead atoms. The summed E-state index contributed by atoms with van der Waals surface area (Å²) in [4.78, 5) is 37.9. The summed E-state index contributed by atoms with van der Waals surface area (Å²) in [7, 11) is 0. The fourth-order valence-electron chi connectivity index (χ4n) is 3.17. The molecule has 2 aromatic rings. The van der Waals surface area contributed by atoms with Gasteiger partial charge < -0.3 is 19.9 Å². The number of hydrogen-bond acceptors (Lipinski definition) is 6. The number of amides is 2. The zero-order chi connectivity index (χ0) is 21.7. The summed E-state index contributed by atoms with van der Waals surface area (Å²) in [6.45, 7) is 3.79. The van der Waals surface area contributed by atoms with Crippen molar-refractivity contribution in [2.75, 3.05) is 43.0 Å². The van der Waals surface area contributed by atoms with Crippen LogP contribution in [0.1, 0.15) is 6.92 Å². The second kappa shape index (κ2) is 9.45. The van der Waals surface area contributed by atoms with Crippen LogP contribution in [0.25, 0.3) is 0 Å². The molecule has 1 heterocycles. The summed E-state index contributed by atoms with van der Waals surface area (Å²) in [6, 6.07) is 11.0. The molecule has 0 atom stereocenters. The predicted molar refractivity (Wildman–Crippen MR) is 113 cm³/mol. The lowest BCUT2D eigenvalue weighted by Crippen LogP contribution is -2.48. The number of para-hydroxylation sites is 2. The van der Waals surface area contributed by atoms with Crippen molar-refractivity contribution in [2.45, 2.75) is 6.92 Å². The number of benzene rings is 2. The van der Waals surface area contributed by atoms with Gasteiger partial charge in [0, 0.05) is 44.9 Å². The van der Waals surface area contributed by atoms with Crippen LogP contribution in [0, 0.1) is 10.1 Å². The average molecular weight is 433 g/mol. The highest BCUT2D eigenvalue weighted by Crippen LogP contribution is 2.30. The van der Waals surface area contributed by atoms with Crippen LogP contribution in [0.5, 0.6) is 5.75 Å². The van der Waals surface area contributed by atoms with E-state index in [-0.39, 0.29) is 24.0 Å². The number of nitro benzene ring substituents is 1. The highest BCUT2D eigenvalue weighted by atomic mass is 35.5. The molecule has 1 N–H and O–H groups in total. The van der Waals surface area contributed by atoms with Gasteiger partial charge in [-0.05, 0) is 24.3 Å². The van der Waals surface area contributed by atoms with E-state index in [1.165, 1.54) is 18.2 Å². The zero-order valence-electron chi connectivity index (χ0n) is 16.3. The number of piperazine rings is 1. The first-order valence-electron chi connectivity index (χ1n) is 9.31. The monoisotopic (exact) mass is 432 g/mol. The number of carbonyl (C=O) groups excluding carboxylic acids is 2. The van der Waals surface area contributed by atoms with Gasteiger partial charge in [-0.25, -0.2) is 0 Å². The van der Waals surface area contributed by atoms with Gasteiger partial charge in [-0.1, -0.05) is 23.7 Å². The number of ether oxygens (including phenoxy) is 1. The van der Waals surface area contributed by atoms with Crippen LogP contribution < -0.4 is 15.0 Å². The Hall–Kier alpha value is -3.33. The van der Waals surface area contributed by atoms with Gasteiger partial charge in [-0.3, -0.25) is 19.7 Å². The summed E-state index contributed by atoms with van der Waals surface area (Å²) >= 11 is 6.39. The Balaban J connectivity index is 1.57. The Morgan fingerprint density at radius 2 is 1.87 bits per heavy atom. The third kappa shape index (κ3) is 5.18. The van der Waals surface area contributed by atoms with E-state index >= 15 is 0 Å². The average Bonchev–Trinajstić information content (AvgIpc) is 2.72. The molecule has 158 valence electrons. The summed E-state index contributed by atoms with van der Waals surface area (Å²) in [5, 5.41) is 14.1. The second-order valence-corrected chi connectivity index (χ2v) is 7.13. The topological polar surface area (TPSA) is 105 Å². The lowest BCUT2D eigenvalue weighted by atomic mass is 10.2. The Labute approximate surface area is 178 Å². The number of rotatable bonds is 6. The van der Waals surface area contributed by atoms with E-state index in [9.17, 15) is 19.7 Å². The van der Waals surface area contributed by atoms with Crippen LogP contribution in [0.3, 0.4) is 0 Å². The second-order valence-electron chi connectivity index (χ2n) is 6.72. The van der Waals surface area contributed by atoms with Gasteiger partial charge in [-0.2, -0.15) is 0 Å². The highest BCUT2D eigenvalue weighted by Gasteiger charge is 2.21. The van der Waals surface area contributed by atoms with E-state index in [0.717, 1.165) is 5.69 Å². The molecule has 10 heteroatoms. The number of hydrogen-bond donors (Lipinski definition) is 1. The normalized spacial score (nSPS) is 13.7. The SMILES string of the molecule is CC(=O)N1CCN(c2ccc(NC(=O)COc3ccccc3[N+](=O)[O-])cc2Cl)CC1. The predicted octanol–water partition coefficient (Wildman–Crippen LogP) is 2.93. The van der Waals surface area contributed by atoms with Crippen molar-refractivity contribution in [3.05, 3.63) is 57.6 Å². The number of nitrogens with zero attached hydrogens (tertiary/aromatic N) is 3. The summed E-state index contributed by atoms with van der Waals surface area (Å²) in [5.41, 5.74) is 1.11. The minimum atomic E-state index is -0.567. The number of carbonyl (C=O) groups is 2. The van der Waals surface area contributed by atoms with Gasteiger partial charge in [-0.15, -0.1) is 0 Å². The van der Waals surface area contributed by atoms with Crippen molar-refractivity contribution >= 4 is 40.5 Å². The minimum absolute atomic E-state index is 0.0238. The van der Waals surface area contributed by atoms with Crippen molar-refractivity contribution < 1.29 is 19.2 Å². The van der Waals surface area contributed by atoms with Gasteiger partial charge >= 0.3 is 5.69 Å². The Morgan fingerprint density at radius 1 is 1.17 bits per heavy atom. The molecule has 0 saturated carbocycles. The van der Waals surface area contributed by atoms with Gasteiger partial charge in [0.05, 0.1) is 15.6 Å². The molecular weight excluding hydrogens is 412 g/mol. The van der Waals surface area contributed by atoms with Crippen molar-refractivity contribution in [3.8, 4) is 5.75 Å². The van der Waals surface area contributed by atoms with Crippen LogP contribution in [0.2, 0.25) is 5.02 Å². The maximum atomic E-state index is 12.2. The zero-order valence-corrected chi connectivity index (χ0v) is 17.1. The summed E-state index contributed by atoms with van der Waals surface area (Å²) < 4.78 is 5.28. The molecule has 30 heavy (non-hydrogen) atoms. The number of nitro groups is 1. The molecule has 0 aromatic heterocycles. The molecule has 1 fully saturated rings. The van der Waals surface area contributed by atoms with Crippen LogP contribution >= 0.6 is 11.6 Å². The molecule has 0 spiro atoms. The van der Waals surface area contributed by atoms with Gasteiger partial charge in [0.25, 0.3) is 5.91 Å². The van der Waals surface area contributed by atoms with E-state index in [2.05, 4.69) is 10.2 Å². The van der Waals surface area contributed by atoms with Crippen LogP contribution in [-0.2, 0) is 9.59 Å². The standard InChI is InChI=1S/C20H21ClN4O5/c1-14(26)23-8-10-24(11-9-23)17-7-6-15(12-16(17)21)22-20(27)13-30-19-5-3-2-4-18(19)25(28)29/h2-7,12H,8-11,13H2,1H3,(H,22,27). The van der Waals surface area contributed by atoms with E-state index < -0.39 is 10.8 Å². The molecule has 1 aliphatic rings. The van der Waals surface area contributed by atoms with Gasteiger partial charge in [0.15, 0.2) is 12.4 Å². The largest absolute Gasteiger partial charge is 0.477 e. The summed E-state index contributed by atoms with van der Waals surface area (Å²) in [6.07, 6.45) is 0. The molecule has 0 aliphatic carbocycles. The maximum absolute atomic E-state index is 12.2. The van der Waals surface area contributed by atoms with E-state index in [0.29, 0.717) is 36.9 Å². The Kier molecular flexibility index (Phi) is 6.73. The molecule has 0 radical (unpaired) electrons. The number of nitrogens with one attached hydrogen (secondary N) is 1. The van der Waals surface area contributed by atoms with Gasteiger partial charge in [0.1, 0.15) is 0 Å². The van der Waals surface area contributed by atoms with Crippen LogP contribution in [-0.4, -0.2) is 54.4 Å². The molecule has 0 unspecified atom stereocenters. The number of anilines is 2. The molecule has 1 saturated heterocycles. The first kappa shape index (κ1) is 21.4. The van der Waals surface area contributed by atoms with Crippen LogP contribution in [0.4, 0.5) is 17.1 Å². The van der Waals surface area contributed by atoms with Crippen molar-refractivity contribution in [3.63, 3.8) is 0 Å². The third-order valence-electron chi connectivity index (χ3n) is 4.72. The van der Waals surface area contributed by atoms with E-state index in [4.69, 9.17) is 16.3 Å². The molecule has 2 aromatic carbocycles. The maximum Gasteiger partial charge on any atom is 0.310 e. The molecule has 3 rings (SSSR count). The van der Waals surface area contributed by atoms with Crippen molar-refractivity contribution in [1.29, 1.82) is 0 Å². The Morgan fingerprint density at radius 3 is 2.50 bits per heavy atom. The highest BCUT2D eigenvalue weighted by molar-refractivity contribution is 6.33. The molecular formula is C20H21ClN4O5. The van der Waals surface area contributed by atoms with E-state index in [1.54, 1.807) is 30.0 Å². The fourth-order valence-corrected chi connectivity index (χ4v) is 3.47. The van der Waals surface area contributed by atoms with E-state index in [1.807, 2.05) is 6.07 Å².